The molecule has 0 unspecified atom stereocenters. The highest BCUT2D eigenvalue weighted by Crippen LogP contribution is 2.60. The predicted octanol–water partition coefficient (Wildman–Crippen LogP) is 6.03. The first kappa shape index (κ1) is 43.3. The molecular weight excluding hydrogens is 815 g/mol. The van der Waals surface area contributed by atoms with E-state index in [-0.39, 0.29) is 70.3 Å². The molecule has 2 aliphatic carbocycles. The van der Waals surface area contributed by atoms with Crippen LogP contribution in [0.1, 0.15) is 109 Å². The number of aliphatic hydroxyl groups is 2. The number of pyridine rings is 2. The Labute approximate surface area is 371 Å². The van der Waals surface area contributed by atoms with Gasteiger partial charge in [0.1, 0.15) is 63.9 Å². The number of aromatic hydroxyl groups is 2. The van der Waals surface area contributed by atoms with E-state index in [9.17, 15) is 30.0 Å². The third-order valence-electron chi connectivity index (χ3n) is 14.5. The molecule has 2 aliphatic heterocycles. The van der Waals surface area contributed by atoms with E-state index in [0.29, 0.717) is 67.7 Å². The lowest BCUT2D eigenvalue weighted by atomic mass is 9.62. The molecular formula is C50H57N5O9. The number of aryl methyl sites for hydroxylation is 2. The molecule has 0 spiro atoms. The normalized spacial score (nSPS) is 24.7. The Kier molecular flexibility index (Phi) is 11.6. The second-order valence-corrected chi connectivity index (χ2v) is 17.9. The Hall–Kier alpha value is -5.96. The highest BCUT2D eigenvalue weighted by Gasteiger charge is 2.57. The van der Waals surface area contributed by atoms with Crippen LogP contribution in [-0.2, 0) is 41.8 Å². The largest absolute Gasteiger partial charge is 0.508 e. The zero-order chi connectivity index (χ0) is 45.0. The molecule has 8 N–H and O–H groups in total. The fraction of sp³-hybridized carbons (Fsp3) is 0.440. The number of anilines is 2. The van der Waals surface area contributed by atoms with Crippen molar-refractivity contribution < 1.29 is 39.1 Å². The van der Waals surface area contributed by atoms with Crippen molar-refractivity contribution in [3.8, 4) is 17.2 Å². The smallest absolute Gasteiger partial charge is 0.335 e. The maximum absolute atomic E-state index is 14.4. The van der Waals surface area contributed by atoms with Crippen LogP contribution in [0.25, 0.3) is 11.0 Å². The number of rotatable bonds is 9. The van der Waals surface area contributed by atoms with Crippen molar-refractivity contribution in [3.63, 3.8) is 0 Å². The molecule has 336 valence electrons. The number of phenolic OH excluding ortho intramolecular Hbond substituents is 2. The van der Waals surface area contributed by atoms with Crippen LogP contribution in [0.3, 0.4) is 0 Å². The number of hydrogen-bond donors (Lipinski definition) is 7. The summed E-state index contributed by atoms with van der Waals surface area (Å²) in [6.07, 6.45) is 7.36. The van der Waals surface area contributed by atoms with Gasteiger partial charge in [0, 0.05) is 78.0 Å². The molecule has 0 saturated heterocycles. The van der Waals surface area contributed by atoms with Gasteiger partial charge in [0.25, 0.3) is 0 Å². The van der Waals surface area contributed by atoms with Crippen molar-refractivity contribution in [2.24, 2.45) is 11.8 Å². The molecule has 5 heterocycles. The van der Waals surface area contributed by atoms with E-state index in [4.69, 9.17) is 29.6 Å². The van der Waals surface area contributed by atoms with Crippen LogP contribution >= 0.6 is 0 Å². The Morgan fingerprint density at radius 1 is 1.00 bits per heavy atom. The fourth-order valence-corrected chi connectivity index (χ4v) is 11.5. The zero-order valence-electron chi connectivity index (χ0n) is 36.7. The number of hydrogen-bond acceptors (Lipinski definition) is 14. The average Bonchev–Trinajstić information content (AvgIpc) is 3.44. The van der Waals surface area contributed by atoms with Crippen LogP contribution in [-0.4, -0.2) is 74.3 Å². The summed E-state index contributed by atoms with van der Waals surface area (Å²) in [5.74, 6) is -2.07. The zero-order valence-corrected chi connectivity index (χ0v) is 36.7. The van der Waals surface area contributed by atoms with Gasteiger partial charge in [0.2, 0.25) is 0 Å². The number of carbonyl (C=O) groups is 1. The van der Waals surface area contributed by atoms with Crippen molar-refractivity contribution in [3.05, 3.63) is 121 Å². The number of fused-ring (bicyclic) bond motifs is 9. The van der Waals surface area contributed by atoms with Gasteiger partial charge in [-0.15, -0.1) is 0 Å². The summed E-state index contributed by atoms with van der Waals surface area (Å²) in [5.41, 5.74) is 11.6. The first-order valence-corrected chi connectivity index (χ1v) is 22.5. The molecule has 5 aromatic rings. The second-order valence-electron chi connectivity index (χ2n) is 17.9. The number of nitrogen functional groups attached to an aromatic ring is 1. The highest BCUT2D eigenvalue weighted by molar-refractivity contribution is 5.92. The van der Waals surface area contributed by atoms with Gasteiger partial charge in [-0.05, 0) is 123 Å². The molecule has 0 radical (unpaired) electrons. The summed E-state index contributed by atoms with van der Waals surface area (Å²) in [6.45, 7) is 8.39. The number of nitrogens with two attached hydrogens (primary N) is 1. The molecule has 14 nitrogen and oxygen atoms in total. The summed E-state index contributed by atoms with van der Waals surface area (Å²) < 4.78 is 20.8. The first-order chi connectivity index (χ1) is 30.9. The van der Waals surface area contributed by atoms with Gasteiger partial charge in [0.15, 0.2) is 5.43 Å². The third kappa shape index (κ3) is 7.15. The Bertz CT molecular complexity index is 2730. The minimum absolute atomic E-state index is 0.0155. The number of aliphatic hydroxyl groups excluding tert-OH is 2. The van der Waals surface area contributed by atoms with Crippen molar-refractivity contribution in [2.75, 3.05) is 37.3 Å². The van der Waals surface area contributed by atoms with Gasteiger partial charge < -0.3 is 50.7 Å². The molecule has 14 heteroatoms. The lowest BCUT2D eigenvalue weighted by Gasteiger charge is -2.51. The van der Waals surface area contributed by atoms with Crippen molar-refractivity contribution in [1.82, 2.24) is 15.3 Å². The quantitative estimate of drug-likeness (QED) is 0.0664. The van der Waals surface area contributed by atoms with Crippen LogP contribution in [0.5, 0.6) is 17.2 Å². The number of esters is 1. The number of likely N-dealkylation sites (N-methyl/N-ethyl adjacent to an activating group) is 1. The molecule has 2 aromatic carbocycles. The molecule has 7 atom stereocenters. The molecule has 0 amide bonds. The number of benzene rings is 2. The molecule has 9 rings (SSSR count). The summed E-state index contributed by atoms with van der Waals surface area (Å²) in [6, 6.07) is 10.4. The number of ether oxygens (including phenoxy) is 2. The van der Waals surface area contributed by atoms with Gasteiger partial charge in [-0.2, -0.15) is 0 Å². The third-order valence-corrected chi connectivity index (χ3v) is 14.5. The summed E-state index contributed by atoms with van der Waals surface area (Å²) in [7, 11) is 0. The SMILES string of the molecule is C/C=C(/CNCC)C(=O)O[C@@H]1Cc2c3c(c4oc(CO)cc(=O)c4c2O)[C@@H]2c4ccnc(N)c4[C@@H](CCc4ccc(O)cc4[C@H]2CO)[C@@H]2CCc4cc(NCC)ncc4C[C@@H]2[C@]1(C)O3. The van der Waals surface area contributed by atoms with Gasteiger partial charge in [-0.25, -0.2) is 14.8 Å². The number of nitrogens with one attached hydrogen (secondary N) is 2. The standard InChI is InChI=1S/C50H57N5O9/c1-5-25(21-52-6-2)49(61)63-39-20-35-45(60)43-38(59)19-30(23-56)62-47(43)44-41-33-14-15-54-48(51)42(33)32(13-9-26-8-11-29(58)18-34(26)36(41)24-57)31-12-10-27-17-40(53-7-3)55-22-28(27)16-37(31)50(39,4)64-46(35)44/h5,8,11,14-15,17-19,22,31-32,36-37,39,41,52,56-58,60H,6-7,9-10,12-13,16,20-21,23-24H2,1-4H3,(H2,51,54)(H,53,55)/b25-5-/t31-,32-,36+,37-,39+,41+,50-/m0/s1. The van der Waals surface area contributed by atoms with Gasteiger partial charge >= 0.3 is 5.97 Å². The van der Waals surface area contributed by atoms with Crippen molar-refractivity contribution in [2.45, 2.75) is 102 Å². The van der Waals surface area contributed by atoms with E-state index < -0.39 is 48.2 Å². The lowest BCUT2D eigenvalue weighted by Crippen LogP contribution is -2.59. The first-order valence-electron chi connectivity index (χ1n) is 22.5. The van der Waals surface area contributed by atoms with E-state index in [1.54, 1.807) is 31.3 Å². The second kappa shape index (κ2) is 17.2. The molecule has 3 aromatic heterocycles. The Morgan fingerprint density at radius 3 is 2.56 bits per heavy atom. The number of phenols is 2. The van der Waals surface area contributed by atoms with Crippen molar-refractivity contribution >= 4 is 28.6 Å². The van der Waals surface area contributed by atoms with Gasteiger partial charge in [-0.3, -0.25) is 4.79 Å². The summed E-state index contributed by atoms with van der Waals surface area (Å²) in [5, 5.41) is 52.2. The summed E-state index contributed by atoms with van der Waals surface area (Å²) >= 11 is 0. The van der Waals surface area contributed by atoms with Crippen LogP contribution in [0.15, 0.2) is 69.7 Å². The number of carbonyl (C=O) groups excluding carboxylic acids is 1. The van der Waals surface area contributed by atoms with E-state index >= 15 is 0 Å². The summed E-state index contributed by atoms with van der Waals surface area (Å²) in [4.78, 5) is 38.2. The minimum Gasteiger partial charge on any atom is -0.508 e. The van der Waals surface area contributed by atoms with Crippen LogP contribution in [0.4, 0.5) is 11.6 Å². The van der Waals surface area contributed by atoms with E-state index in [1.807, 2.05) is 39.1 Å². The lowest BCUT2D eigenvalue weighted by molar-refractivity contribution is -0.168. The molecule has 0 fully saturated rings. The van der Waals surface area contributed by atoms with E-state index in [2.05, 4.69) is 16.7 Å². The minimum atomic E-state index is -1.30. The van der Waals surface area contributed by atoms with Crippen LogP contribution in [0, 0.1) is 11.8 Å². The monoisotopic (exact) mass is 871 g/mol. The Balaban J connectivity index is 1.42. The van der Waals surface area contributed by atoms with Crippen molar-refractivity contribution in [1.29, 1.82) is 0 Å². The number of nitrogens with zero attached hydrogens (tertiary/aromatic N) is 2. The van der Waals surface area contributed by atoms with Crippen LogP contribution in [0.2, 0.25) is 0 Å². The molecule has 64 heavy (non-hydrogen) atoms. The topological polar surface area (TPSA) is 223 Å². The van der Waals surface area contributed by atoms with Gasteiger partial charge in [-0.1, -0.05) is 19.1 Å². The number of aromatic nitrogens is 2. The average molecular weight is 872 g/mol. The molecule has 0 saturated carbocycles. The van der Waals surface area contributed by atoms with E-state index in [0.717, 1.165) is 39.7 Å². The molecule has 4 bridgehead atoms. The number of allylic oxidation sites excluding steroid dienone is 1. The maximum atomic E-state index is 14.4. The fourth-order valence-electron chi connectivity index (χ4n) is 11.5. The molecule has 4 aliphatic rings. The Morgan fingerprint density at radius 2 is 1.81 bits per heavy atom. The maximum Gasteiger partial charge on any atom is 0.335 e. The predicted molar refractivity (Wildman–Crippen MR) is 242 cm³/mol. The van der Waals surface area contributed by atoms with Gasteiger partial charge in [0.05, 0.1) is 6.61 Å². The van der Waals surface area contributed by atoms with E-state index in [1.165, 1.54) is 0 Å². The highest BCUT2D eigenvalue weighted by atomic mass is 16.6. The van der Waals surface area contributed by atoms with Crippen LogP contribution < -0.4 is 26.5 Å².